The Morgan fingerprint density at radius 3 is 2.40 bits per heavy atom. The maximum absolute atomic E-state index is 5.52. The lowest BCUT2D eigenvalue weighted by molar-refractivity contribution is 0.348. The first kappa shape index (κ1) is 15.6. The number of hydrogen-bond acceptors (Lipinski definition) is 3. The quantitative estimate of drug-likeness (QED) is 0.811. The number of methoxy groups -OCH3 is 2. The molecule has 112 valence electrons. The second-order valence-corrected chi connectivity index (χ2v) is 6.19. The number of benzene rings is 1. The Morgan fingerprint density at radius 2 is 1.80 bits per heavy atom. The summed E-state index contributed by atoms with van der Waals surface area (Å²) in [5, 5.41) is 3.68. The van der Waals surface area contributed by atoms with Crippen LogP contribution in [0.5, 0.6) is 11.5 Å². The van der Waals surface area contributed by atoms with Crippen LogP contribution >= 0.6 is 15.9 Å². The SMILES string of the molecule is COc1ccc(Br)c(CNC2CCCCCC2)c1OC. The molecule has 1 aliphatic rings. The molecule has 0 spiro atoms. The summed E-state index contributed by atoms with van der Waals surface area (Å²) in [4.78, 5) is 0. The van der Waals surface area contributed by atoms with E-state index < -0.39 is 0 Å². The minimum Gasteiger partial charge on any atom is -0.493 e. The van der Waals surface area contributed by atoms with Crippen molar-refractivity contribution >= 4 is 15.9 Å². The van der Waals surface area contributed by atoms with Crippen molar-refractivity contribution in [1.29, 1.82) is 0 Å². The minimum atomic E-state index is 0.625. The highest BCUT2D eigenvalue weighted by molar-refractivity contribution is 9.10. The van der Waals surface area contributed by atoms with Crippen molar-refractivity contribution in [3.05, 3.63) is 22.2 Å². The molecule has 0 aromatic heterocycles. The van der Waals surface area contributed by atoms with Gasteiger partial charge in [-0.2, -0.15) is 0 Å². The second-order valence-electron chi connectivity index (χ2n) is 5.33. The summed E-state index contributed by atoms with van der Waals surface area (Å²) in [5.74, 6) is 1.61. The Kier molecular flexibility index (Phi) is 6.17. The van der Waals surface area contributed by atoms with Gasteiger partial charge in [0.25, 0.3) is 0 Å². The van der Waals surface area contributed by atoms with Gasteiger partial charge in [0.15, 0.2) is 11.5 Å². The van der Waals surface area contributed by atoms with Crippen molar-refractivity contribution in [3.8, 4) is 11.5 Å². The van der Waals surface area contributed by atoms with Gasteiger partial charge in [-0.1, -0.05) is 41.6 Å². The van der Waals surface area contributed by atoms with Gasteiger partial charge < -0.3 is 14.8 Å². The van der Waals surface area contributed by atoms with E-state index >= 15 is 0 Å². The number of rotatable bonds is 5. The van der Waals surface area contributed by atoms with E-state index in [9.17, 15) is 0 Å². The molecule has 3 nitrogen and oxygen atoms in total. The molecule has 1 fully saturated rings. The van der Waals surface area contributed by atoms with E-state index in [0.717, 1.165) is 28.1 Å². The van der Waals surface area contributed by atoms with Crippen molar-refractivity contribution in [1.82, 2.24) is 5.32 Å². The van der Waals surface area contributed by atoms with Crippen LogP contribution in [-0.2, 0) is 6.54 Å². The molecule has 20 heavy (non-hydrogen) atoms. The standard InChI is InChI=1S/C16H24BrNO2/c1-19-15-10-9-14(17)13(16(15)20-2)11-18-12-7-5-3-4-6-8-12/h9-10,12,18H,3-8,11H2,1-2H3. The van der Waals surface area contributed by atoms with Crippen molar-refractivity contribution in [2.24, 2.45) is 0 Å². The predicted octanol–water partition coefficient (Wildman–Crippen LogP) is 4.28. The Labute approximate surface area is 130 Å². The molecule has 4 heteroatoms. The van der Waals surface area contributed by atoms with Crippen LogP contribution in [0, 0.1) is 0 Å². The summed E-state index contributed by atoms with van der Waals surface area (Å²) < 4.78 is 12.0. The molecular weight excluding hydrogens is 318 g/mol. The van der Waals surface area contributed by atoms with Crippen molar-refractivity contribution in [2.45, 2.75) is 51.1 Å². The van der Waals surface area contributed by atoms with Gasteiger partial charge in [0.2, 0.25) is 0 Å². The largest absolute Gasteiger partial charge is 0.493 e. The molecule has 1 saturated carbocycles. The number of halogens is 1. The van der Waals surface area contributed by atoms with Crippen LogP contribution in [0.3, 0.4) is 0 Å². The first-order chi connectivity index (χ1) is 9.76. The smallest absolute Gasteiger partial charge is 0.166 e. The number of ether oxygens (including phenoxy) is 2. The molecule has 0 heterocycles. The summed E-state index contributed by atoms with van der Waals surface area (Å²) in [6.07, 6.45) is 8.00. The first-order valence-electron chi connectivity index (χ1n) is 7.39. The van der Waals surface area contributed by atoms with Gasteiger partial charge in [0, 0.05) is 22.6 Å². The highest BCUT2D eigenvalue weighted by Gasteiger charge is 2.16. The molecule has 0 radical (unpaired) electrons. The second kappa shape index (κ2) is 7.89. The summed E-state index contributed by atoms with van der Waals surface area (Å²) in [6, 6.07) is 4.57. The maximum Gasteiger partial charge on any atom is 0.166 e. The van der Waals surface area contributed by atoms with Gasteiger partial charge in [0.1, 0.15) is 0 Å². The van der Waals surface area contributed by atoms with Crippen LogP contribution in [-0.4, -0.2) is 20.3 Å². The molecule has 0 bridgehead atoms. The lowest BCUT2D eigenvalue weighted by atomic mass is 10.1. The fraction of sp³-hybridized carbons (Fsp3) is 0.625. The van der Waals surface area contributed by atoms with E-state index in [2.05, 4.69) is 21.2 Å². The third kappa shape index (κ3) is 3.89. The number of hydrogen-bond donors (Lipinski definition) is 1. The van der Waals surface area contributed by atoms with Gasteiger partial charge in [-0.15, -0.1) is 0 Å². The third-order valence-electron chi connectivity index (χ3n) is 4.01. The molecule has 1 aliphatic carbocycles. The monoisotopic (exact) mass is 341 g/mol. The molecule has 0 amide bonds. The Morgan fingerprint density at radius 1 is 1.10 bits per heavy atom. The van der Waals surface area contributed by atoms with Crippen LogP contribution in [0.25, 0.3) is 0 Å². The van der Waals surface area contributed by atoms with Crippen LogP contribution in [0.1, 0.15) is 44.1 Å². The van der Waals surface area contributed by atoms with E-state index in [0.29, 0.717) is 6.04 Å². The zero-order valence-corrected chi connectivity index (χ0v) is 14.0. The summed E-state index contributed by atoms with van der Waals surface area (Å²) in [5.41, 5.74) is 1.14. The van der Waals surface area contributed by atoms with Crippen LogP contribution in [0.2, 0.25) is 0 Å². The predicted molar refractivity (Wildman–Crippen MR) is 85.6 cm³/mol. The average Bonchev–Trinajstić information content (AvgIpc) is 2.74. The van der Waals surface area contributed by atoms with Gasteiger partial charge in [0.05, 0.1) is 14.2 Å². The van der Waals surface area contributed by atoms with E-state index in [1.54, 1.807) is 14.2 Å². The first-order valence-corrected chi connectivity index (χ1v) is 8.18. The van der Waals surface area contributed by atoms with E-state index in [4.69, 9.17) is 9.47 Å². The summed E-state index contributed by atoms with van der Waals surface area (Å²) >= 11 is 3.62. The fourth-order valence-electron chi connectivity index (χ4n) is 2.86. The molecule has 1 aromatic rings. The van der Waals surface area contributed by atoms with Gasteiger partial charge in [-0.25, -0.2) is 0 Å². The Balaban J connectivity index is 2.07. The molecule has 0 atom stereocenters. The van der Waals surface area contributed by atoms with E-state index in [1.807, 2.05) is 12.1 Å². The highest BCUT2D eigenvalue weighted by atomic mass is 79.9. The van der Waals surface area contributed by atoms with Gasteiger partial charge >= 0.3 is 0 Å². The summed E-state index contributed by atoms with van der Waals surface area (Å²) in [6.45, 7) is 0.811. The zero-order valence-electron chi connectivity index (χ0n) is 12.4. The molecule has 2 rings (SSSR count). The van der Waals surface area contributed by atoms with Crippen LogP contribution < -0.4 is 14.8 Å². The highest BCUT2D eigenvalue weighted by Crippen LogP contribution is 2.36. The molecule has 1 N–H and O–H groups in total. The average molecular weight is 342 g/mol. The van der Waals surface area contributed by atoms with Crippen molar-refractivity contribution in [3.63, 3.8) is 0 Å². The molecule has 0 unspecified atom stereocenters. The fourth-order valence-corrected chi connectivity index (χ4v) is 3.31. The molecule has 1 aromatic carbocycles. The minimum absolute atomic E-state index is 0.625. The number of nitrogens with one attached hydrogen (secondary N) is 1. The lowest BCUT2D eigenvalue weighted by Crippen LogP contribution is -2.28. The van der Waals surface area contributed by atoms with Crippen LogP contribution in [0.15, 0.2) is 16.6 Å². The zero-order chi connectivity index (χ0) is 14.4. The van der Waals surface area contributed by atoms with Crippen molar-refractivity contribution < 1.29 is 9.47 Å². The lowest BCUT2D eigenvalue weighted by Gasteiger charge is -2.19. The Bertz CT molecular complexity index is 429. The Hall–Kier alpha value is -0.740. The van der Waals surface area contributed by atoms with E-state index in [1.165, 1.54) is 38.5 Å². The molecular formula is C16H24BrNO2. The molecule has 0 saturated heterocycles. The topological polar surface area (TPSA) is 30.5 Å². The normalized spacial score (nSPS) is 16.8. The van der Waals surface area contributed by atoms with Gasteiger partial charge in [-0.05, 0) is 25.0 Å². The van der Waals surface area contributed by atoms with E-state index in [-0.39, 0.29) is 0 Å². The third-order valence-corrected chi connectivity index (χ3v) is 4.76. The van der Waals surface area contributed by atoms with Gasteiger partial charge in [-0.3, -0.25) is 0 Å². The maximum atomic E-state index is 5.52. The molecule has 0 aliphatic heterocycles. The summed E-state index contributed by atoms with van der Waals surface area (Å²) in [7, 11) is 3.37. The van der Waals surface area contributed by atoms with Crippen molar-refractivity contribution in [2.75, 3.05) is 14.2 Å². The van der Waals surface area contributed by atoms with Crippen LogP contribution in [0.4, 0.5) is 0 Å².